The molecular weight excluding hydrogens is 210 g/mol. The van der Waals surface area contributed by atoms with E-state index in [2.05, 4.69) is 5.32 Å². The molecule has 0 spiro atoms. The number of ether oxygens (including phenoxy) is 1. The number of carbonyl (C=O) groups excluding carboxylic acids is 1. The number of aliphatic carboxylic acids is 1. The van der Waals surface area contributed by atoms with Crippen LogP contribution in [0.25, 0.3) is 0 Å². The van der Waals surface area contributed by atoms with Gasteiger partial charge in [0.05, 0.1) is 0 Å². The van der Waals surface area contributed by atoms with Crippen molar-refractivity contribution < 1.29 is 19.4 Å². The summed E-state index contributed by atoms with van der Waals surface area (Å²) >= 11 is 0. The molecule has 1 rings (SSSR count). The molecule has 2 N–H and O–H groups in total. The van der Waals surface area contributed by atoms with Crippen molar-refractivity contribution >= 4 is 17.6 Å². The van der Waals surface area contributed by atoms with Gasteiger partial charge >= 0.3 is 5.97 Å². The van der Waals surface area contributed by atoms with E-state index < -0.39 is 12.1 Å². The van der Waals surface area contributed by atoms with E-state index in [0.717, 1.165) is 0 Å². The van der Waals surface area contributed by atoms with E-state index in [4.69, 9.17) is 9.84 Å². The normalized spacial score (nSPS) is 11.8. The summed E-state index contributed by atoms with van der Waals surface area (Å²) in [6, 6.07) is 8.88. The standard InChI is InChI=1S/C11H13NO4/c1-8(11(14)15)16-7-10(13)12-9-5-3-2-4-6-9/h2-6,8H,7H2,1H3,(H,12,13)(H,14,15)/t8-/m1/s1. The highest BCUT2D eigenvalue weighted by molar-refractivity contribution is 5.91. The number of carbonyl (C=O) groups is 2. The Labute approximate surface area is 93.0 Å². The summed E-state index contributed by atoms with van der Waals surface area (Å²) in [6.07, 6.45) is -0.985. The van der Waals surface area contributed by atoms with Crippen molar-refractivity contribution in [1.29, 1.82) is 0 Å². The van der Waals surface area contributed by atoms with Gasteiger partial charge in [-0.1, -0.05) is 18.2 Å². The Morgan fingerprint density at radius 1 is 1.38 bits per heavy atom. The fraction of sp³-hybridized carbons (Fsp3) is 0.273. The molecule has 0 unspecified atom stereocenters. The maximum absolute atomic E-state index is 11.3. The minimum atomic E-state index is -1.09. The lowest BCUT2D eigenvalue weighted by atomic mass is 10.3. The zero-order chi connectivity index (χ0) is 12.0. The van der Waals surface area contributed by atoms with Gasteiger partial charge in [-0.2, -0.15) is 0 Å². The van der Waals surface area contributed by atoms with Crippen molar-refractivity contribution in [3.05, 3.63) is 30.3 Å². The molecule has 1 amide bonds. The SMILES string of the molecule is C[C@@H](OCC(=O)Nc1ccccc1)C(=O)O. The van der Waals surface area contributed by atoms with Gasteiger partial charge in [-0.3, -0.25) is 4.79 Å². The molecule has 5 heteroatoms. The van der Waals surface area contributed by atoms with Crippen LogP contribution in [0, 0.1) is 0 Å². The lowest BCUT2D eigenvalue weighted by Gasteiger charge is -2.08. The summed E-state index contributed by atoms with van der Waals surface area (Å²) < 4.78 is 4.83. The third-order valence-electron chi connectivity index (χ3n) is 1.87. The van der Waals surface area contributed by atoms with Gasteiger partial charge in [0.1, 0.15) is 6.61 Å². The van der Waals surface area contributed by atoms with Crippen LogP contribution in [0.15, 0.2) is 30.3 Å². The highest BCUT2D eigenvalue weighted by Gasteiger charge is 2.12. The highest BCUT2D eigenvalue weighted by atomic mass is 16.5. The Balaban J connectivity index is 2.35. The Kier molecular flexibility index (Phi) is 4.47. The molecule has 1 aromatic rings. The predicted molar refractivity (Wildman–Crippen MR) is 58.1 cm³/mol. The molecule has 1 atom stereocenters. The summed E-state index contributed by atoms with van der Waals surface area (Å²) in [4.78, 5) is 21.7. The first kappa shape index (κ1) is 12.2. The van der Waals surface area contributed by atoms with Crippen molar-refractivity contribution in [2.24, 2.45) is 0 Å². The molecule has 5 nitrogen and oxygen atoms in total. The number of hydrogen-bond donors (Lipinski definition) is 2. The number of carboxylic acid groups (broad SMARTS) is 1. The largest absolute Gasteiger partial charge is 0.479 e. The van der Waals surface area contributed by atoms with Crippen LogP contribution < -0.4 is 5.32 Å². The summed E-state index contributed by atoms with van der Waals surface area (Å²) in [7, 11) is 0. The summed E-state index contributed by atoms with van der Waals surface area (Å²) in [6.45, 7) is 1.10. The summed E-state index contributed by atoms with van der Waals surface area (Å²) in [5.41, 5.74) is 0.652. The minimum absolute atomic E-state index is 0.275. The Morgan fingerprint density at radius 3 is 2.56 bits per heavy atom. The Hall–Kier alpha value is -1.88. The molecule has 86 valence electrons. The Morgan fingerprint density at radius 2 is 2.00 bits per heavy atom. The van der Waals surface area contributed by atoms with Crippen molar-refractivity contribution in [3.8, 4) is 0 Å². The van der Waals surface area contributed by atoms with Crippen LogP contribution in [-0.4, -0.2) is 29.7 Å². The van der Waals surface area contributed by atoms with Crippen LogP contribution in [-0.2, 0) is 14.3 Å². The molecule has 0 aromatic heterocycles. The van der Waals surface area contributed by atoms with E-state index in [1.165, 1.54) is 6.92 Å². The summed E-state index contributed by atoms with van der Waals surface area (Å²) in [5.74, 6) is -1.47. The van der Waals surface area contributed by atoms with Gasteiger partial charge < -0.3 is 15.2 Å². The fourth-order valence-electron chi connectivity index (χ4n) is 0.991. The first-order valence-corrected chi connectivity index (χ1v) is 4.79. The first-order valence-electron chi connectivity index (χ1n) is 4.79. The van der Waals surface area contributed by atoms with E-state index >= 15 is 0 Å². The van der Waals surface area contributed by atoms with Gasteiger partial charge in [0.25, 0.3) is 0 Å². The number of anilines is 1. The number of rotatable bonds is 5. The van der Waals surface area contributed by atoms with Crippen molar-refractivity contribution in [2.75, 3.05) is 11.9 Å². The fourth-order valence-corrected chi connectivity index (χ4v) is 0.991. The molecule has 0 fully saturated rings. The second-order valence-electron chi connectivity index (χ2n) is 3.21. The molecule has 0 heterocycles. The highest BCUT2D eigenvalue weighted by Crippen LogP contribution is 2.04. The molecule has 0 aliphatic carbocycles. The van der Waals surface area contributed by atoms with Crippen LogP contribution >= 0.6 is 0 Å². The molecule has 0 saturated heterocycles. The zero-order valence-electron chi connectivity index (χ0n) is 8.84. The van der Waals surface area contributed by atoms with Crippen LogP contribution in [0.4, 0.5) is 5.69 Å². The molecular formula is C11H13NO4. The minimum Gasteiger partial charge on any atom is -0.479 e. The predicted octanol–water partition coefficient (Wildman–Crippen LogP) is 1.11. The zero-order valence-corrected chi connectivity index (χ0v) is 8.84. The van der Waals surface area contributed by atoms with Crippen LogP contribution in [0.5, 0.6) is 0 Å². The van der Waals surface area contributed by atoms with Crippen LogP contribution in [0.1, 0.15) is 6.92 Å². The maximum atomic E-state index is 11.3. The van der Waals surface area contributed by atoms with Crippen molar-refractivity contribution in [2.45, 2.75) is 13.0 Å². The van der Waals surface area contributed by atoms with E-state index in [9.17, 15) is 9.59 Å². The van der Waals surface area contributed by atoms with Crippen molar-refractivity contribution in [1.82, 2.24) is 0 Å². The van der Waals surface area contributed by atoms with E-state index in [1.54, 1.807) is 24.3 Å². The third kappa shape index (κ3) is 4.10. The number of benzene rings is 1. The average molecular weight is 223 g/mol. The molecule has 0 radical (unpaired) electrons. The van der Waals surface area contributed by atoms with Crippen LogP contribution in [0.3, 0.4) is 0 Å². The van der Waals surface area contributed by atoms with Gasteiger partial charge in [0, 0.05) is 5.69 Å². The van der Waals surface area contributed by atoms with E-state index in [0.29, 0.717) is 5.69 Å². The molecule has 1 aromatic carbocycles. The van der Waals surface area contributed by atoms with Gasteiger partial charge in [-0.25, -0.2) is 4.79 Å². The second kappa shape index (κ2) is 5.87. The van der Waals surface area contributed by atoms with Gasteiger partial charge in [0.15, 0.2) is 6.10 Å². The van der Waals surface area contributed by atoms with E-state index in [1.807, 2.05) is 6.07 Å². The molecule has 0 aliphatic heterocycles. The monoisotopic (exact) mass is 223 g/mol. The smallest absolute Gasteiger partial charge is 0.332 e. The molecule has 0 bridgehead atoms. The molecule has 0 aliphatic rings. The Bertz CT molecular complexity index is 364. The van der Waals surface area contributed by atoms with Gasteiger partial charge in [-0.15, -0.1) is 0 Å². The first-order chi connectivity index (χ1) is 7.59. The van der Waals surface area contributed by atoms with Crippen LogP contribution in [0.2, 0.25) is 0 Å². The van der Waals surface area contributed by atoms with Gasteiger partial charge in [0.2, 0.25) is 5.91 Å². The van der Waals surface area contributed by atoms with E-state index in [-0.39, 0.29) is 12.5 Å². The molecule has 16 heavy (non-hydrogen) atoms. The number of para-hydroxylation sites is 1. The topological polar surface area (TPSA) is 75.6 Å². The average Bonchev–Trinajstić information content (AvgIpc) is 2.27. The third-order valence-corrected chi connectivity index (χ3v) is 1.87. The quantitative estimate of drug-likeness (QED) is 0.784. The number of amides is 1. The van der Waals surface area contributed by atoms with Crippen molar-refractivity contribution in [3.63, 3.8) is 0 Å². The number of hydrogen-bond acceptors (Lipinski definition) is 3. The maximum Gasteiger partial charge on any atom is 0.332 e. The van der Waals surface area contributed by atoms with Gasteiger partial charge in [-0.05, 0) is 19.1 Å². The second-order valence-corrected chi connectivity index (χ2v) is 3.21. The number of nitrogens with one attached hydrogen (secondary N) is 1. The lowest BCUT2D eigenvalue weighted by Crippen LogP contribution is -2.26. The lowest BCUT2D eigenvalue weighted by molar-refractivity contribution is -0.150. The summed E-state index contributed by atoms with van der Waals surface area (Å²) in [5, 5.41) is 11.1. The molecule has 0 saturated carbocycles. The number of carboxylic acids is 1.